The number of carbonyl (C=O) groups is 2. The fourth-order valence-corrected chi connectivity index (χ4v) is 1.73. The van der Waals surface area contributed by atoms with Crippen LogP contribution < -0.4 is 5.32 Å². The Morgan fingerprint density at radius 1 is 1.17 bits per heavy atom. The molecule has 0 saturated heterocycles. The second kappa shape index (κ2) is 5.14. The molecular formula is C14H15NO3. The fraction of sp³-hybridized carbons (Fsp3) is 0.286. The van der Waals surface area contributed by atoms with E-state index in [9.17, 15) is 9.59 Å². The minimum atomic E-state index is -0.169. The van der Waals surface area contributed by atoms with Crippen LogP contribution in [0.25, 0.3) is 0 Å². The lowest BCUT2D eigenvalue weighted by Crippen LogP contribution is -2.29. The zero-order valence-electron chi connectivity index (χ0n) is 10.4. The molecule has 1 N–H and O–H groups in total. The molecule has 0 bridgehead atoms. The molecule has 0 aromatic heterocycles. The molecule has 0 saturated carbocycles. The van der Waals surface area contributed by atoms with Crippen molar-refractivity contribution >= 4 is 11.6 Å². The number of ether oxygens (including phenoxy) is 1. The molecule has 4 nitrogen and oxygen atoms in total. The molecule has 0 amide bonds. The van der Waals surface area contributed by atoms with Gasteiger partial charge in [-0.3, -0.25) is 9.59 Å². The molecule has 1 aromatic rings. The first-order valence-electron chi connectivity index (χ1n) is 5.85. The number of ketones is 2. The van der Waals surface area contributed by atoms with Gasteiger partial charge in [-0.25, -0.2) is 0 Å². The molecule has 2 rings (SSSR count). The van der Waals surface area contributed by atoms with Crippen molar-refractivity contribution in [1.82, 2.24) is 5.32 Å². The number of rotatable bonds is 4. The highest BCUT2D eigenvalue weighted by Crippen LogP contribution is 2.19. The topological polar surface area (TPSA) is 55.4 Å². The molecule has 0 aliphatic heterocycles. The van der Waals surface area contributed by atoms with Crippen molar-refractivity contribution in [2.45, 2.75) is 20.0 Å². The average molecular weight is 245 g/mol. The summed E-state index contributed by atoms with van der Waals surface area (Å²) in [5.41, 5.74) is 1.19. The molecule has 0 radical (unpaired) electrons. The highest BCUT2D eigenvalue weighted by atomic mass is 16.5. The van der Waals surface area contributed by atoms with E-state index in [4.69, 9.17) is 4.74 Å². The number of nitrogens with one attached hydrogen (secondary N) is 1. The molecule has 0 spiro atoms. The quantitative estimate of drug-likeness (QED) is 0.823. The third kappa shape index (κ3) is 2.49. The Labute approximate surface area is 106 Å². The summed E-state index contributed by atoms with van der Waals surface area (Å²) in [6, 6.07) is 6.82. The minimum absolute atomic E-state index is 0.0692. The van der Waals surface area contributed by atoms with Gasteiger partial charge >= 0.3 is 0 Å². The number of Topliss-reactive ketones (excluding diaryl/α,β-unsaturated/α-hetero) is 1. The molecule has 4 heteroatoms. The van der Waals surface area contributed by atoms with Crippen molar-refractivity contribution in [1.29, 1.82) is 0 Å². The van der Waals surface area contributed by atoms with Crippen molar-refractivity contribution in [3.63, 3.8) is 0 Å². The van der Waals surface area contributed by atoms with Gasteiger partial charge in [0.05, 0.1) is 11.8 Å². The molecule has 0 heterocycles. The average Bonchev–Trinajstić information content (AvgIpc) is 2.35. The third-order valence-electron chi connectivity index (χ3n) is 2.64. The van der Waals surface area contributed by atoms with Gasteiger partial charge in [0.15, 0.2) is 5.78 Å². The molecule has 0 atom stereocenters. The predicted octanol–water partition coefficient (Wildman–Crippen LogP) is 1.92. The monoisotopic (exact) mass is 245 g/mol. The fourth-order valence-electron chi connectivity index (χ4n) is 1.73. The smallest absolute Gasteiger partial charge is 0.209 e. The molecule has 94 valence electrons. The summed E-state index contributed by atoms with van der Waals surface area (Å²) in [4.78, 5) is 23.9. The van der Waals surface area contributed by atoms with E-state index in [1.165, 1.54) is 6.08 Å². The Kier molecular flexibility index (Phi) is 3.58. The lowest BCUT2D eigenvalue weighted by molar-refractivity contribution is 0.0673. The number of benzene rings is 1. The number of fused-ring (bicyclic) bond motifs is 1. The van der Waals surface area contributed by atoms with Crippen LogP contribution in [0.3, 0.4) is 0 Å². The van der Waals surface area contributed by atoms with E-state index in [0.717, 1.165) is 0 Å². The summed E-state index contributed by atoms with van der Waals surface area (Å²) < 4.78 is 5.30. The molecule has 1 aliphatic rings. The Morgan fingerprint density at radius 3 is 2.50 bits per heavy atom. The van der Waals surface area contributed by atoms with Crippen LogP contribution in [0.15, 0.2) is 36.0 Å². The Morgan fingerprint density at radius 2 is 1.83 bits per heavy atom. The van der Waals surface area contributed by atoms with Crippen LogP contribution in [0.4, 0.5) is 0 Å². The first kappa shape index (κ1) is 12.5. The van der Waals surface area contributed by atoms with Gasteiger partial charge in [0.2, 0.25) is 5.78 Å². The summed E-state index contributed by atoms with van der Waals surface area (Å²) in [5, 5.41) is 2.84. The molecule has 0 unspecified atom stereocenters. The second-order valence-electron chi connectivity index (χ2n) is 4.33. The summed E-state index contributed by atoms with van der Waals surface area (Å²) in [6.07, 6.45) is 1.40. The Bertz CT molecular complexity index is 518. The molecule has 1 aromatic carbocycles. The van der Waals surface area contributed by atoms with Gasteiger partial charge in [0.1, 0.15) is 6.73 Å². The number of carbonyl (C=O) groups excluding carboxylic acids is 2. The van der Waals surface area contributed by atoms with Gasteiger partial charge in [-0.1, -0.05) is 24.3 Å². The maximum absolute atomic E-state index is 12.1. The van der Waals surface area contributed by atoms with Crippen LogP contribution in [-0.4, -0.2) is 24.4 Å². The summed E-state index contributed by atoms with van der Waals surface area (Å²) >= 11 is 0. The van der Waals surface area contributed by atoms with Crippen LogP contribution in [0.1, 0.15) is 34.6 Å². The lowest BCUT2D eigenvalue weighted by atomic mass is 9.93. The standard InChI is InChI=1S/C14H15NO3/c1-9(2)18-8-15-12-7-13(16)10-5-3-4-6-11(10)14(12)17/h3-7,9,15H,8H2,1-2H3. The van der Waals surface area contributed by atoms with E-state index in [0.29, 0.717) is 16.8 Å². The van der Waals surface area contributed by atoms with Crippen LogP contribution in [-0.2, 0) is 4.74 Å². The van der Waals surface area contributed by atoms with E-state index in [1.807, 2.05) is 13.8 Å². The van der Waals surface area contributed by atoms with Gasteiger partial charge < -0.3 is 10.1 Å². The van der Waals surface area contributed by atoms with Gasteiger partial charge in [0, 0.05) is 17.2 Å². The molecular weight excluding hydrogens is 230 g/mol. The lowest BCUT2D eigenvalue weighted by Gasteiger charge is -2.17. The Hall–Kier alpha value is -1.94. The largest absolute Gasteiger partial charge is 0.359 e. The van der Waals surface area contributed by atoms with E-state index in [1.54, 1.807) is 24.3 Å². The van der Waals surface area contributed by atoms with Crippen molar-refractivity contribution in [3.05, 3.63) is 47.2 Å². The SMILES string of the molecule is CC(C)OCNC1=CC(=O)c2ccccc2C1=O. The maximum Gasteiger partial charge on any atom is 0.209 e. The summed E-state index contributed by atoms with van der Waals surface area (Å²) in [5.74, 6) is -0.324. The van der Waals surface area contributed by atoms with Gasteiger partial charge in [0.25, 0.3) is 0 Å². The number of hydrogen-bond acceptors (Lipinski definition) is 4. The van der Waals surface area contributed by atoms with Crippen LogP contribution >= 0.6 is 0 Å². The molecule has 1 aliphatic carbocycles. The molecule has 0 fully saturated rings. The highest BCUT2D eigenvalue weighted by Gasteiger charge is 2.24. The van der Waals surface area contributed by atoms with Crippen molar-refractivity contribution in [3.8, 4) is 0 Å². The number of allylic oxidation sites excluding steroid dienone is 2. The van der Waals surface area contributed by atoms with Crippen molar-refractivity contribution in [2.75, 3.05) is 6.73 Å². The van der Waals surface area contributed by atoms with Gasteiger partial charge in [-0.2, -0.15) is 0 Å². The van der Waals surface area contributed by atoms with E-state index in [2.05, 4.69) is 5.32 Å². The van der Waals surface area contributed by atoms with E-state index >= 15 is 0 Å². The van der Waals surface area contributed by atoms with E-state index < -0.39 is 0 Å². The highest BCUT2D eigenvalue weighted by molar-refractivity contribution is 6.24. The molecule has 18 heavy (non-hydrogen) atoms. The zero-order valence-corrected chi connectivity index (χ0v) is 10.4. The summed E-state index contributed by atoms with van der Waals surface area (Å²) in [6.45, 7) is 4.02. The first-order valence-corrected chi connectivity index (χ1v) is 5.85. The Balaban J connectivity index is 2.16. The third-order valence-corrected chi connectivity index (χ3v) is 2.64. The van der Waals surface area contributed by atoms with Crippen LogP contribution in [0.5, 0.6) is 0 Å². The zero-order chi connectivity index (χ0) is 13.1. The predicted molar refractivity (Wildman–Crippen MR) is 67.4 cm³/mol. The minimum Gasteiger partial charge on any atom is -0.359 e. The van der Waals surface area contributed by atoms with E-state index in [-0.39, 0.29) is 24.4 Å². The summed E-state index contributed by atoms with van der Waals surface area (Å²) in [7, 11) is 0. The van der Waals surface area contributed by atoms with Crippen LogP contribution in [0, 0.1) is 0 Å². The van der Waals surface area contributed by atoms with Gasteiger partial charge in [-0.05, 0) is 13.8 Å². The maximum atomic E-state index is 12.1. The van der Waals surface area contributed by atoms with Crippen molar-refractivity contribution < 1.29 is 14.3 Å². The second-order valence-corrected chi connectivity index (χ2v) is 4.33. The van der Waals surface area contributed by atoms with Crippen molar-refractivity contribution in [2.24, 2.45) is 0 Å². The number of hydrogen-bond donors (Lipinski definition) is 1. The normalized spacial score (nSPS) is 14.5. The van der Waals surface area contributed by atoms with Gasteiger partial charge in [-0.15, -0.1) is 0 Å². The first-order chi connectivity index (χ1) is 8.59. The van der Waals surface area contributed by atoms with Crippen LogP contribution in [0.2, 0.25) is 0 Å².